The van der Waals surface area contributed by atoms with Crippen LogP contribution in [0, 0.1) is 6.07 Å². The third-order valence-electron chi connectivity index (χ3n) is 1.73. The zero-order valence-electron chi connectivity index (χ0n) is 8.42. The summed E-state index contributed by atoms with van der Waals surface area (Å²) < 4.78 is 10.8. The molecule has 0 fully saturated rings. The summed E-state index contributed by atoms with van der Waals surface area (Å²) in [7, 11) is 0. The largest absolute Gasteiger partial charge is 0.349 e. The van der Waals surface area contributed by atoms with E-state index in [-0.39, 0.29) is 6.29 Å². The molecule has 0 N–H and O–H groups in total. The molecule has 0 spiro atoms. The fourth-order valence-electron chi connectivity index (χ4n) is 1.14. The van der Waals surface area contributed by atoms with E-state index >= 15 is 0 Å². The molecular formula is C11H14ClO2. The van der Waals surface area contributed by atoms with E-state index in [1.54, 1.807) is 18.2 Å². The van der Waals surface area contributed by atoms with Crippen molar-refractivity contribution in [2.24, 2.45) is 0 Å². The molecule has 0 aromatic heterocycles. The molecule has 0 aliphatic carbocycles. The van der Waals surface area contributed by atoms with E-state index in [4.69, 9.17) is 21.1 Å². The Morgan fingerprint density at radius 3 is 2.50 bits per heavy atom. The first kappa shape index (κ1) is 11.5. The lowest BCUT2D eigenvalue weighted by Gasteiger charge is -2.17. The Labute approximate surface area is 89.8 Å². The molecule has 2 nitrogen and oxygen atoms in total. The predicted octanol–water partition coefficient (Wildman–Crippen LogP) is 3.21. The highest BCUT2D eigenvalue weighted by Crippen LogP contribution is 2.25. The highest BCUT2D eigenvalue weighted by molar-refractivity contribution is 6.31. The van der Waals surface area contributed by atoms with Crippen molar-refractivity contribution in [2.75, 3.05) is 13.2 Å². The minimum atomic E-state index is -0.380. The summed E-state index contributed by atoms with van der Waals surface area (Å²) in [5.74, 6) is 0. The smallest absolute Gasteiger partial charge is 0.185 e. The molecular weight excluding hydrogens is 200 g/mol. The first-order chi connectivity index (χ1) is 6.79. The normalized spacial score (nSPS) is 10.9. The van der Waals surface area contributed by atoms with E-state index in [9.17, 15) is 0 Å². The predicted molar refractivity (Wildman–Crippen MR) is 56.3 cm³/mol. The molecule has 14 heavy (non-hydrogen) atoms. The van der Waals surface area contributed by atoms with Gasteiger partial charge in [0.2, 0.25) is 0 Å². The van der Waals surface area contributed by atoms with Crippen LogP contribution in [0.25, 0.3) is 0 Å². The molecule has 0 heterocycles. The Balaban J connectivity index is 2.81. The van der Waals surface area contributed by atoms with Crippen LogP contribution in [0.5, 0.6) is 0 Å². The molecule has 0 unspecified atom stereocenters. The molecule has 1 radical (unpaired) electrons. The summed E-state index contributed by atoms with van der Waals surface area (Å²) in [6.07, 6.45) is -0.380. The molecule has 3 heteroatoms. The van der Waals surface area contributed by atoms with Gasteiger partial charge in [-0.3, -0.25) is 0 Å². The van der Waals surface area contributed by atoms with Crippen molar-refractivity contribution in [2.45, 2.75) is 20.1 Å². The Morgan fingerprint density at radius 2 is 2.00 bits per heavy atom. The van der Waals surface area contributed by atoms with E-state index in [1.165, 1.54) is 0 Å². The number of halogens is 1. The second kappa shape index (κ2) is 6.02. The standard InChI is InChI=1S/C11H14ClO2/c1-3-13-11(14-4-2)9-7-5-6-8-10(9)12/h6-8,11H,3-4H2,1-2H3. The zero-order valence-corrected chi connectivity index (χ0v) is 9.17. The third-order valence-corrected chi connectivity index (χ3v) is 2.07. The van der Waals surface area contributed by atoms with E-state index in [1.807, 2.05) is 13.8 Å². The van der Waals surface area contributed by atoms with Crippen molar-refractivity contribution in [1.82, 2.24) is 0 Å². The van der Waals surface area contributed by atoms with Gasteiger partial charge in [-0.25, -0.2) is 0 Å². The summed E-state index contributed by atoms with van der Waals surface area (Å²) in [4.78, 5) is 0. The number of hydrogen-bond acceptors (Lipinski definition) is 2. The molecule has 1 aromatic carbocycles. The minimum Gasteiger partial charge on any atom is -0.349 e. The van der Waals surface area contributed by atoms with Crippen molar-refractivity contribution in [1.29, 1.82) is 0 Å². The van der Waals surface area contributed by atoms with E-state index in [0.29, 0.717) is 18.2 Å². The van der Waals surface area contributed by atoms with Crippen LogP contribution in [0.2, 0.25) is 5.02 Å². The topological polar surface area (TPSA) is 18.5 Å². The second-order valence-corrected chi connectivity index (χ2v) is 3.10. The molecule has 0 aliphatic rings. The fourth-order valence-corrected chi connectivity index (χ4v) is 1.34. The van der Waals surface area contributed by atoms with Crippen LogP contribution in [0.3, 0.4) is 0 Å². The van der Waals surface area contributed by atoms with Gasteiger partial charge in [0, 0.05) is 23.8 Å². The van der Waals surface area contributed by atoms with Gasteiger partial charge >= 0.3 is 0 Å². The van der Waals surface area contributed by atoms with Gasteiger partial charge in [-0.05, 0) is 32.0 Å². The Kier molecular flexibility index (Phi) is 4.94. The van der Waals surface area contributed by atoms with Gasteiger partial charge in [-0.2, -0.15) is 0 Å². The molecule has 0 amide bonds. The fraction of sp³-hybridized carbons (Fsp3) is 0.455. The molecule has 1 rings (SSSR count). The van der Waals surface area contributed by atoms with Crippen LogP contribution in [0.15, 0.2) is 18.2 Å². The summed E-state index contributed by atoms with van der Waals surface area (Å²) in [6.45, 7) is 5.03. The molecule has 0 aliphatic heterocycles. The monoisotopic (exact) mass is 213 g/mol. The molecule has 77 valence electrons. The van der Waals surface area contributed by atoms with Crippen LogP contribution in [-0.4, -0.2) is 13.2 Å². The van der Waals surface area contributed by atoms with Gasteiger partial charge in [-0.15, -0.1) is 0 Å². The minimum absolute atomic E-state index is 0.380. The van der Waals surface area contributed by atoms with Gasteiger partial charge in [-0.1, -0.05) is 17.7 Å². The molecule has 0 bridgehead atoms. The number of rotatable bonds is 5. The van der Waals surface area contributed by atoms with Crippen molar-refractivity contribution >= 4 is 11.6 Å². The van der Waals surface area contributed by atoms with E-state index in [2.05, 4.69) is 6.07 Å². The van der Waals surface area contributed by atoms with Crippen LogP contribution in [0.4, 0.5) is 0 Å². The molecule has 0 atom stereocenters. The lowest BCUT2D eigenvalue weighted by molar-refractivity contribution is -0.140. The highest BCUT2D eigenvalue weighted by Gasteiger charge is 2.13. The quantitative estimate of drug-likeness (QED) is 0.700. The third kappa shape index (κ3) is 2.98. The zero-order chi connectivity index (χ0) is 10.4. The molecule has 0 saturated heterocycles. The summed E-state index contributed by atoms with van der Waals surface area (Å²) in [5, 5.41) is 0.649. The van der Waals surface area contributed by atoms with Gasteiger partial charge < -0.3 is 9.47 Å². The summed E-state index contributed by atoms with van der Waals surface area (Å²) in [5.41, 5.74) is 0.831. The first-order valence-corrected chi connectivity index (χ1v) is 5.06. The maximum absolute atomic E-state index is 6.01. The Bertz CT molecular complexity index is 270. The van der Waals surface area contributed by atoms with Crippen molar-refractivity contribution < 1.29 is 9.47 Å². The first-order valence-electron chi connectivity index (χ1n) is 4.68. The maximum Gasteiger partial charge on any atom is 0.185 e. The SMILES string of the molecule is CCOC(OCC)c1c[c]ccc1Cl. The Hall–Kier alpha value is -0.570. The number of hydrogen-bond donors (Lipinski definition) is 0. The van der Waals surface area contributed by atoms with Crippen LogP contribution in [-0.2, 0) is 9.47 Å². The Morgan fingerprint density at radius 1 is 1.36 bits per heavy atom. The van der Waals surface area contributed by atoms with Gasteiger partial charge in [0.05, 0.1) is 0 Å². The molecule has 0 saturated carbocycles. The van der Waals surface area contributed by atoms with Gasteiger partial charge in [0.1, 0.15) is 0 Å². The van der Waals surface area contributed by atoms with Gasteiger partial charge in [0.25, 0.3) is 0 Å². The van der Waals surface area contributed by atoms with Crippen molar-refractivity contribution in [3.05, 3.63) is 34.9 Å². The van der Waals surface area contributed by atoms with Crippen LogP contribution >= 0.6 is 11.6 Å². The average Bonchev–Trinajstić information content (AvgIpc) is 2.18. The van der Waals surface area contributed by atoms with Crippen molar-refractivity contribution in [3.8, 4) is 0 Å². The lowest BCUT2D eigenvalue weighted by Crippen LogP contribution is -2.09. The maximum atomic E-state index is 6.01. The van der Waals surface area contributed by atoms with Crippen molar-refractivity contribution in [3.63, 3.8) is 0 Å². The highest BCUT2D eigenvalue weighted by atomic mass is 35.5. The van der Waals surface area contributed by atoms with Crippen LogP contribution in [0.1, 0.15) is 25.7 Å². The summed E-state index contributed by atoms with van der Waals surface area (Å²) in [6, 6.07) is 8.29. The number of benzene rings is 1. The second-order valence-electron chi connectivity index (χ2n) is 2.69. The average molecular weight is 214 g/mol. The van der Waals surface area contributed by atoms with Gasteiger partial charge in [0.15, 0.2) is 6.29 Å². The molecule has 1 aromatic rings. The summed E-state index contributed by atoms with van der Waals surface area (Å²) >= 11 is 6.01. The van der Waals surface area contributed by atoms with E-state index < -0.39 is 0 Å². The number of ether oxygens (including phenoxy) is 2. The van der Waals surface area contributed by atoms with Crippen LogP contribution < -0.4 is 0 Å². The van der Waals surface area contributed by atoms with E-state index in [0.717, 1.165) is 5.56 Å². The lowest BCUT2D eigenvalue weighted by atomic mass is 10.2.